The summed E-state index contributed by atoms with van der Waals surface area (Å²) in [5.74, 6) is -0.202. The molecule has 4 nitrogen and oxygen atoms in total. The van der Waals surface area contributed by atoms with Crippen molar-refractivity contribution < 1.29 is 17.9 Å². The molecule has 2 rings (SSSR count). The van der Waals surface area contributed by atoms with Crippen LogP contribution in [0.3, 0.4) is 0 Å². The summed E-state index contributed by atoms with van der Waals surface area (Å²) in [6.07, 6.45) is 1.11. The smallest absolute Gasteiger partial charge is 0.343 e. The maximum Gasteiger partial charge on any atom is 0.343 e. The molecule has 0 aromatic heterocycles. The van der Waals surface area contributed by atoms with Crippen molar-refractivity contribution in [3.63, 3.8) is 0 Å². The predicted octanol–water partition coefficient (Wildman–Crippen LogP) is 3.38. The molecular weight excluding hydrogens is 356 g/mol. The highest BCUT2D eigenvalue weighted by Crippen LogP contribution is 2.20. The first-order valence-corrected chi connectivity index (χ1v) is 8.74. The van der Waals surface area contributed by atoms with E-state index < -0.39 is 15.8 Å². The second-order valence-electron chi connectivity index (χ2n) is 4.60. The standard InChI is InChI=1S/C15H13BrO4S/c1-10-3-4-11(9-14(10)21(2,18)19)15(17)20-13-7-5-12(16)6-8-13/h3-9H,1-2H3. The van der Waals surface area contributed by atoms with Crippen molar-refractivity contribution in [1.82, 2.24) is 0 Å². The Morgan fingerprint density at radius 3 is 2.29 bits per heavy atom. The first-order chi connectivity index (χ1) is 9.77. The molecule has 0 saturated heterocycles. The van der Waals surface area contributed by atoms with Crippen LogP contribution in [0, 0.1) is 6.92 Å². The number of carbonyl (C=O) groups is 1. The van der Waals surface area contributed by atoms with Gasteiger partial charge in [0.2, 0.25) is 0 Å². The third-order valence-corrected chi connectivity index (χ3v) is 4.61. The third kappa shape index (κ3) is 3.92. The van der Waals surface area contributed by atoms with Crippen LogP contribution in [0.1, 0.15) is 15.9 Å². The lowest BCUT2D eigenvalue weighted by Crippen LogP contribution is -2.10. The SMILES string of the molecule is Cc1ccc(C(=O)Oc2ccc(Br)cc2)cc1S(C)(=O)=O. The summed E-state index contributed by atoms with van der Waals surface area (Å²) in [4.78, 5) is 12.2. The zero-order chi connectivity index (χ0) is 15.6. The molecule has 0 bridgehead atoms. The van der Waals surface area contributed by atoms with E-state index >= 15 is 0 Å². The van der Waals surface area contributed by atoms with Gasteiger partial charge in [0.25, 0.3) is 0 Å². The molecule has 0 N–H and O–H groups in total. The van der Waals surface area contributed by atoms with Crippen molar-refractivity contribution >= 4 is 31.7 Å². The molecule has 21 heavy (non-hydrogen) atoms. The Kier molecular flexibility index (Phi) is 4.49. The van der Waals surface area contributed by atoms with Crippen molar-refractivity contribution in [2.75, 3.05) is 6.26 Å². The number of ether oxygens (including phenoxy) is 1. The molecular formula is C15H13BrO4S. The number of hydrogen-bond acceptors (Lipinski definition) is 4. The van der Waals surface area contributed by atoms with Crippen LogP contribution in [-0.2, 0) is 9.84 Å². The highest BCUT2D eigenvalue weighted by molar-refractivity contribution is 9.10. The number of sulfone groups is 1. The van der Waals surface area contributed by atoms with Crippen LogP contribution >= 0.6 is 15.9 Å². The van der Waals surface area contributed by atoms with Gasteiger partial charge in [-0.05, 0) is 48.9 Å². The molecule has 2 aromatic rings. The van der Waals surface area contributed by atoms with Crippen molar-refractivity contribution in [2.24, 2.45) is 0 Å². The van der Waals surface area contributed by atoms with Gasteiger partial charge in [-0.15, -0.1) is 0 Å². The van der Waals surface area contributed by atoms with E-state index in [9.17, 15) is 13.2 Å². The Morgan fingerprint density at radius 2 is 1.71 bits per heavy atom. The van der Waals surface area contributed by atoms with Crippen LogP contribution in [0.4, 0.5) is 0 Å². The number of rotatable bonds is 3. The number of carbonyl (C=O) groups excluding carboxylic acids is 1. The zero-order valence-corrected chi connectivity index (χ0v) is 13.9. The number of benzene rings is 2. The summed E-state index contributed by atoms with van der Waals surface area (Å²) in [5.41, 5.74) is 0.793. The van der Waals surface area contributed by atoms with Gasteiger partial charge in [-0.1, -0.05) is 22.0 Å². The molecule has 0 amide bonds. The molecule has 0 fully saturated rings. The largest absolute Gasteiger partial charge is 0.423 e. The second kappa shape index (κ2) is 5.99. The normalized spacial score (nSPS) is 11.2. The zero-order valence-electron chi connectivity index (χ0n) is 11.5. The van der Waals surface area contributed by atoms with Crippen LogP contribution in [0.5, 0.6) is 5.75 Å². The van der Waals surface area contributed by atoms with Gasteiger partial charge in [-0.2, -0.15) is 0 Å². The summed E-state index contributed by atoms with van der Waals surface area (Å²) >= 11 is 3.29. The van der Waals surface area contributed by atoms with Gasteiger partial charge in [0.05, 0.1) is 10.5 Å². The molecule has 0 aliphatic carbocycles. The van der Waals surface area contributed by atoms with E-state index in [1.165, 1.54) is 6.07 Å². The summed E-state index contributed by atoms with van der Waals surface area (Å²) in [7, 11) is -3.38. The molecule has 0 atom stereocenters. The lowest BCUT2D eigenvalue weighted by molar-refractivity contribution is 0.0734. The third-order valence-electron chi connectivity index (χ3n) is 2.85. The molecule has 0 spiro atoms. The minimum Gasteiger partial charge on any atom is -0.423 e. The fraction of sp³-hybridized carbons (Fsp3) is 0.133. The lowest BCUT2D eigenvalue weighted by atomic mass is 10.1. The average molecular weight is 369 g/mol. The number of aryl methyl sites for hydroxylation is 1. The Hall–Kier alpha value is -1.66. The fourth-order valence-electron chi connectivity index (χ4n) is 1.80. The van der Waals surface area contributed by atoms with Crippen LogP contribution in [-0.4, -0.2) is 20.6 Å². The highest BCUT2D eigenvalue weighted by Gasteiger charge is 2.16. The molecule has 0 radical (unpaired) electrons. The molecule has 2 aromatic carbocycles. The van der Waals surface area contributed by atoms with E-state index in [2.05, 4.69) is 15.9 Å². The van der Waals surface area contributed by atoms with Gasteiger partial charge in [-0.25, -0.2) is 13.2 Å². The number of hydrogen-bond donors (Lipinski definition) is 0. The molecule has 0 saturated carbocycles. The summed E-state index contributed by atoms with van der Waals surface area (Å²) in [5, 5.41) is 0. The number of halogens is 1. The molecule has 6 heteroatoms. The minimum absolute atomic E-state index is 0.132. The maximum absolute atomic E-state index is 12.1. The van der Waals surface area contributed by atoms with E-state index in [-0.39, 0.29) is 10.5 Å². The van der Waals surface area contributed by atoms with Crippen LogP contribution in [0.2, 0.25) is 0 Å². The van der Waals surface area contributed by atoms with Gasteiger partial charge in [0.15, 0.2) is 9.84 Å². The van der Waals surface area contributed by atoms with E-state index in [4.69, 9.17) is 4.74 Å². The van der Waals surface area contributed by atoms with Crippen molar-refractivity contribution in [3.05, 3.63) is 58.1 Å². The van der Waals surface area contributed by atoms with E-state index in [0.717, 1.165) is 10.7 Å². The summed E-state index contributed by atoms with van der Waals surface area (Å²) in [6, 6.07) is 11.3. The molecule has 0 aliphatic rings. The predicted molar refractivity (Wildman–Crippen MR) is 83.4 cm³/mol. The number of esters is 1. The van der Waals surface area contributed by atoms with Crippen molar-refractivity contribution in [3.8, 4) is 5.75 Å². The van der Waals surface area contributed by atoms with E-state index in [1.807, 2.05) is 0 Å². The first-order valence-electron chi connectivity index (χ1n) is 6.06. The minimum atomic E-state index is -3.38. The Bertz CT molecular complexity index is 780. The first kappa shape index (κ1) is 15.7. The second-order valence-corrected chi connectivity index (χ2v) is 7.50. The topological polar surface area (TPSA) is 60.4 Å². The van der Waals surface area contributed by atoms with Crippen LogP contribution < -0.4 is 4.74 Å². The Labute approximate surface area is 131 Å². The highest BCUT2D eigenvalue weighted by atomic mass is 79.9. The average Bonchev–Trinajstić information content (AvgIpc) is 2.40. The van der Waals surface area contributed by atoms with E-state index in [0.29, 0.717) is 11.3 Å². The maximum atomic E-state index is 12.1. The van der Waals surface area contributed by atoms with Crippen molar-refractivity contribution in [2.45, 2.75) is 11.8 Å². The van der Waals surface area contributed by atoms with Crippen LogP contribution in [0.15, 0.2) is 51.8 Å². The molecule has 0 heterocycles. The Morgan fingerprint density at radius 1 is 1.10 bits per heavy atom. The van der Waals surface area contributed by atoms with E-state index in [1.54, 1.807) is 43.3 Å². The lowest BCUT2D eigenvalue weighted by Gasteiger charge is -2.08. The molecule has 110 valence electrons. The summed E-state index contributed by atoms with van der Waals surface area (Å²) in [6.45, 7) is 1.68. The van der Waals surface area contributed by atoms with Gasteiger partial charge >= 0.3 is 5.97 Å². The van der Waals surface area contributed by atoms with Crippen molar-refractivity contribution in [1.29, 1.82) is 0 Å². The van der Waals surface area contributed by atoms with Gasteiger partial charge in [0, 0.05) is 10.7 Å². The molecule has 0 unspecified atom stereocenters. The van der Waals surface area contributed by atoms with Crippen LogP contribution in [0.25, 0.3) is 0 Å². The van der Waals surface area contributed by atoms with Gasteiger partial charge in [-0.3, -0.25) is 0 Å². The van der Waals surface area contributed by atoms with Gasteiger partial charge < -0.3 is 4.74 Å². The van der Waals surface area contributed by atoms with Gasteiger partial charge in [0.1, 0.15) is 5.75 Å². The quantitative estimate of drug-likeness (QED) is 0.615. The molecule has 0 aliphatic heterocycles. The Balaban J connectivity index is 2.30. The monoisotopic (exact) mass is 368 g/mol. The summed E-state index contributed by atoms with van der Waals surface area (Å²) < 4.78 is 29.4. The fourth-order valence-corrected chi connectivity index (χ4v) is 3.05.